The maximum atomic E-state index is 11.8. The zero-order valence-corrected chi connectivity index (χ0v) is 12.6. The molecule has 0 saturated heterocycles. The number of nitrogens with one attached hydrogen (secondary N) is 1. The first kappa shape index (κ1) is 16.5. The summed E-state index contributed by atoms with van der Waals surface area (Å²) in [7, 11) is -3.42. The maximum Gasteiger partial charge on any atom is 0.320 e. The molecular formula is C13H20N2O4S. The summed E-state index contributed by atoms with van der Waals surface area (Å²) in [6.07, 6.45) is 0.151. The van der Waals surface area contributed by atoms with Crippen LogP contribution in [-0.4, -0.2) is 30.8 Å². The van der Waals surface area contributed by atoms with Gasteiger partial charge >= 0.3 is 5.97 Å². The maximum absolute atomic E-state index is 11.8. The van der Waals surface area contributed by atoms with Gasteiger partial charge in [-0.2, -0.15) is 0 Å². The summed E-state index contributed by atoms with van der Waals surface area (Å²) in [5, 5.41) is 8.28. The molecule has 6 nitrogen and oxygen atoms in total. The topological polar surface area (TPSA) is 109 Å². The highest BCUT2D eigenvalue weighted by Crippen LogP contribution is 2.19. The Kier molecular flexibility index (Phi) is 5.13. The van der Waals surface area contributed by atoms with Crippen LogP contribution in [-0.2, 0) is 21.2 Å². The number of aryl methyl sites for hydroxylation is 1. The molecule has 0 spiro atoms. The minimum Gasteiger partial charge on any atom is -0.480 e. The van der Waals surface area contributed by atoms with E-state index in [1.165, 1.54) is 0 Å². The zero-order valence-electron chi connectivity index (χ0n) is 11.8. The molecule has 4 N–H and O–H groups in total. The van der Waals surface area contributed by atoms with Crippen molar-refractivity contribution < 1.29 is 18.3 Å². The van der Waals surface area contributed by atoms with Crippen LogP contribution < -0.4 is 10.5 Å². The van der Waals surface area contributed by atoms with Gasteiger partial charge in [-0.05, 0) is 50.5 Å². The highest BCUT2D eigenvalue weighted by Gasteiger charge is 2.17. The van der Waals surface area contributed by atoms with E-state index in [-0.39, 0.29) is 6.42 Å². The van der Waals surface area contributed by atoms with Gasteiger partial charge in [0.2, 0.25) is 10.0 Å². The lowest BCUT2D eigenvalue weighted by molar-refractivity contribution is -0.138. The molecule has 0 aliphatic heterocycles. The average Bonchev–Trinajstić information content (AvgIpc) is 2.32. The van der Waals surface area contributed by atoms with Crippen molar-refractivity contribution in [2.24, 2.45) is 5.73 Å². The summed E-state index contributed by atoms with van der Waals surface area (Å²) < 4.78 is 26.1. The second-order valence-electron chi connectivity index (χ2n) is 4.99. The molecule has 7 heteroatoms. The van der Waals surface area contributed by atoms with Gasteiger partial charge in [0, 0.05) is 5.69 Å². The standard InChI is InChI=1S/C13H20N2O4S/c1-8(2)20(18,19)15-11-5-4-9(3)10(6-11)7-12(14)13(16)17/h4-6,8,12,15H,7,14H2,1-3H3,(H,16,17)/t12-/m0/s1. The van der Waals surface area contributed by atoms with E-state index in [9.17, 15) is 13.2 Å². The van der Waals surface area contributed by atoms with E-state index in [1.807, 2.05) is 6.92 Å². The Bertz CT molecular complexity index is 596. The molecular weight excluding hydrogens is 280 g/mol. The molecule has 0 fully saturated rings. The van der Waals surface area contributed by atoms with Crippen LogP contribution in [0.5, 0.6) is 0 Å². The second-order valence-corrected chi connectivity index (χ2v) is 7.22. The fourth-order valence-electron chi connectivity index (χ4n) is 1.56. The molecule has 112 valence electrons. The predicted molar refractivity (Wildman–Crippen MR) is 78.2 cm³/mol. The van der Waals surface area contributed by atoms with Gasteiger partial charge in [0.25, 0.3) is 0 Å². The molecule has 1 rings (SSSR count). The van der Waals surface area contributed by atoms with Gasteiger partial charge in [0.1, 0.15) is 6.04 Å². The van der Waals surface area contributed by atoms with Gasteiger partial charge in [-0.25, -0.2) is 8.42 Å². The third kappa shape index (κ3) is 4.21. The van der Waals surface area contributed by atoms with Crippen LogP contribution in [0, 0.1) is 6.92 Å². The molecule has 0 unspecified atom stereocenters. The first-order chi connectivity index (χ1) is 9.13. The number of benzene rings is 1. The molecule has 0 aromatic heterocycles. The Morgan fingerprint density at radius 3 is 2.50 bits per heavy atom. The summed E-state index contributed by atoms with van der Waals surface area (Å²) in [4.78, 5) is 10.8. The zero-order chi connectivity index (χ0) is 15.5. The number of sulfonamides is 1. The van der Waals surface area contributed by atoms with Crippen molar-refractivity contribution in [2.45, 2.75) is 38.5 Å². The van der Waals surface area contributed by atoms with Crippen LogP contribution in [0.1, 0.15) is 25.0 Å². The highest BCUT2D eigenvalue weighted by molar-refractivity contribution is 7.93. The van der Waals surface area contributed by atoms with Crippen LogP contribution in [0.2, 0.25) is 0 Å². The molecule has 0 heterocycles. The molecule has 0 saturated carbocycles. The Morgan fingerprint density at radius 2 is 2.00 bits per heavy atom. The van der Waals surface area contributed by atoms with Crippen LogP contribution >= 0.6 is 0 Å². The largest absolute Gasteiger partial charge is 0.480 e. The van der Waals surface area contributed by atoms with Crippen molar-refractivity contribution in [2.75, 3.05) is 4.72 Å². The van der Waals surface area contributed by atoms with Gasteiger partial charge < -0.3 is 10.8 Å². The fourth-order valence-corrected chi connectivity index (χ4v) is 2.25. The van der Waals surface area contributed by atoms with Gasteiger partial charge in [-0.15, -0.1) is 0 Å². The summed E-state index contributed by atoms with van der Waals surface area (Å²) in [6.45, 7) is 4.99. The molecule has 0 radical (unpaired) electrons. The number of nitrogens with two attached hydrogens (primary N) is 1. The van der Waals surface area contributed by atoms with Gasteiger partial charge in [-0.3, -0.25) is 9.52 Å². The summed E-state index contributed by atoms with van der Waals surface area (Å²) in [5.74, 6) is -1.09. The van der Waals surface area contributed by atoms with E-state index in [4.69, 9.17) is 10.8 Å². The lowest BCUT2D eigenvalue weighted by Gasteiger charge is -2.14. The second kappa shape index (κ2) is 6.23. The first-order valence-corrected chi connectivity index (χ1v) is 7.77. The fraction of sp³-hybridized carbons (Fsp3) is 0.462. The lowest BCUT2D eigenvalue weighted by atomic mass is 10.0. The Labute approximate surface area is 119 Å². The monoisotopic (exact) mass is 300 g/mol. The van der Waals surface area contributed by atoms with E-state index in [1.54, 1.807) is 32.0 Å². The van der Waals surface area contributed by atoms with E-state index in [0.29, 0.717) is 11.3 Å². The normalized spacial score (nSPS) is 13.2. The van der Waals surface area contributed by atoms with Crippen LogP contribution in [0.25, 0.3) is 0 Å². The van der Waals surface area contributed by atoms with E-state index < -0.39 is 27.3 Å². The molecule has 0 aliphatic carbocycles. The number of hydrogen-bond acceptors (Lipinski definition) is 4. The van der Waals surface area contributed by atoms with Crippen molar-refractivity contribution in [3.8, 4) is 0 Å². The molecule has 1 atom stereocenters. The van der Waals surface area contributed by atoms with Crippen molar-refractivity contribution in [1.82, 2.24) is 0 Å². The first-order valence-electron chi connectivity index (χ1n) is 6.23. The smallest absolute Gasteiger partial charge is 0.320 e. The molecule has 0 bridgehead atoms. The number of hydrogen-bond donors (Lipinski definition) is 3. The molecule has 0 aliphatic rings. The third-order valence-corrected chi connectivity index (χ3v) is 4.75. The van der Waals surface area contributed by atoms with Crippen molar-refractivity contribution in [3.05, 3.63) is 29.3 Å². The van der Waals surface area contributed by atoms with Gasteiger partial charge in [-0.1, -0.05) is 6.07 Å². The van der Waals surface area contributed by atoms with Crippen LogP contribution in [0.4, 0.5) is 5.69 Å². The minimum atomic E-state index is -3.42. The number of anilines is 1. The Morgan fingerprint density at radius 1 is 1.40 bits per heavy atom. The lowest BCUT2D eigenvalue weighted by Crippen LogP contribution is -2.32. The van der Waals surface area contributed by atoms with Crippen molar-refractivity contribution in [3.63, 3.8) is 0 Å². The van der Waals surface area contributed by atoms with E-state index >= 15 is 0 Å². The molecule has 20 heavy (non-hydrogen) atoms. The number of rotatable bonds is 6. The molecule has 1 aromatic rings. The van der Waals surface area contributed by atoms with Crippen molar-refractivity contribution in [1.29, 1.82) is 0 Å². The molecule has 1 aromatic carbocycles. The highest BCUT2D eigenvalue weighted by atomic mass is 32.2. The number of aliphatic carboxylic acids is 1. The summed E-state index contributed by atoms with van der Waals surface area (Å²) >= 11 is 0. The third-order valence-electron chi connectivity index (χ3n) is 2.99. The Hall–Kier alpha value is -1.60. The van der Waals surface area contributed by atoms with Crippen LogP contribution in [0.15, 0.2) is 18.2 Å². The van der Waals surface area contributed by atoms with Gasteiger partial charge in [0.15, 0.2) is 0 Å². The number of carboxylic acid groups (broad SMARTS) is 1. The van der Waals surface area contributed by atoms with Crippen LogP contribution in [0.3, 0.4) is 0 Å². The van der Waals surface area contributed by atoms with E-state index in [2.05, 4.69) is 4.72 Å². The average molecular weight is 300 g/mol. The summed E-state index contributed by atoms with van der Waals surface area (Å²) in [6, 6.07) is 4.00. The molecule has 0 amide bonds. The Balaban J connectivity index is 3.00. The van der Waals surface area contributed by atoms with E-state index in [0.717, 1.165) is 5.56 Å². The predicted octanol–water partition coefficient (Wildman–Crippen LogP) is 1.10. The number of carboxylic acids is 1. The quantitative estimate of drug-likeness (QED) is 0.728. The minimum absolute atomic E-state index is 0.151. The number of carbonyl (C=O) groups is 1. The van der Waals surface area contributed by atoms with Crippen molar-refractivity contribution >= 4 is 21.7 Å². The van der Waals surface area contributed by atoms with Gasteiger partial charge in [0.05, 0.1) is 5.25 Å². The SMILES string of the molecule is Cc1ccc(NS(=O)(=O)C(C)C)cc1C[C@H](N)C(=O)O. The summed E-state index contributed by atoms with van der Waals surface area (Å²) in [5.41, 5.74) is 7.50.